The van der Waals surface area contributed by atoms with Crippen LogP contribution in [-0.2, 0) is 0 Å². The minimum atomic E-state index is 0.0348. The van der Waals surface area contributed by atoms with E-state index < -0.39 is 0 Å². The summed E-state index contributed by atoms with van der Waals surface area (Å²) in [6.07, 6.45) is 6.85. The number of ether oxygens (including phenoxy) is 1. The molecular formula is C25H34BrClN6O2. The molecule has 0 bridgehead atoms. The maximum Gasteiger partial charge on any atom is 0.254 e. The summed E-state index contributed by atoms with van der Waals surface area (Å²) in [7, 11) is 3.33. The number of carbonyl (C=O) groups is 1. The van der Waals surface area contributed by atoms with E-state index in [0.717, 1.165) is 49.9 Å². The highest BCUT2D eigenvalue weighted by Gasteiger charge is 2.26. The second kappa shape index (κ2) is 12.2. The van der Waals surface area contributed by atoms with Gasteiger partial charge in [0.2, 0.25) is 5.95 Å². The Kier molecular flexibility index (Phi) is 9.08. The van der Waals surface area contributed by atoms with Crippen LogP contribution in [0.1, 0.15) is 36.0 Å². The number of hydrogen-bond acceptors (Lipinski definition) is 7. The summed E-state index contributed by atoms with van der Waals surface area (Å²) in [5, 5.41) is 7.64. The predicted octanol–water partition coefficient (Wildman–Crippen LogP) is 4.88. The molecule has 0 spiro atoms. The Labute approximate surface area is 220 Å². The summed E-state index contributed by atoms with van der Waals surface area (Å²) in [6.45, 7) is 4.53. The summed E-state index contributed by atoms with van der Waals surface area (Å²) in [5.41, 5.74) is 1.29. The van der Waals surface area contributed by atoms with Gasteiger partial charge in [0.1, 0.15) is 16.6 Å². The lowest BCUT2D eigenvalue weighted by atomic mass is 9.82. The van der Waals surface area contributed by atoms with Crippen LogP contribution in [0.25, 0.3) is 0 Å². The number of benzene rings is 1. The summed E-state index contributed by atoms with van der Waals surface area (Å²) < 4.78 is 5.55. The average molecular weight is 566 g/mol. The zero-order valence-corrected chi connectivity index (χ0v) is 22.7. The van der Waals surface area contributed by atoms with E-state index in [0.29, 0.717) is 33.8 Å². The van der Waals surface area contributed by atoms with Crippen LogP contribution in [0.3, 0.4) is 0 Å². The first-order valence-electron chi connectivity index (χ1n) is 12.2. The number of rotatable bonds is 8. The topological polar surface area (TPSA) is 82.6 Å². The first-order chi connectivity index (χ1) is 17.0. The Morgan fingerprint density at radius 3 is 2.54 bits per heavy atom. The molecule has 35 heavy (non-hydrogen) atoms. The SMILES string of the molecule is CNc1nc(Nc2ccc(C(=O)N3CCN(C[C@H]4CC[C@@H](CBr)CC4)CC3)cc2OC)ncc1Cl. The van der Waals surface area contributed by atoms with Crippen LogP contribution in [0.5, 0.6) is 5.75 Å². The number of alkyl halides is 1. The number of anilines is 3. The molecule has 1 aromatic heterocycles. The predicted molar refractivity (Wildman–Crippen MR) is 144 cm³/mol. The number of amides is 1. The first-order valence-corrected chi connectivity index (χ1v) is 13.7. The van der Waals surface area contributed by atoms with E-state index in [2.05, 4.69) is 41.4 Å². The van der Waals surface area contributed by atoms with E-state index in [1.165, 1.54) is 31.9 Å². The van der Waals surface area contributed by atoms with Gasteiger partial charge in [-0.3, -0.25) is 9.69 Å². The fourth-order valence-corrected chi connectivity index (χ4v) is 5.73. The fraction of sp³-hybridized carbons (Fsp3) is 0.560. The number of carbonyl (C=O) groups excluding carboxylic acids is 1. The van der Waals surface area contributed by atoms with Crippen molar-refractivity contribution < 1.29 is 9.53 Å². The Bertz CT molecular complexity index is 1010. The zero-order chi connectivity index (χ0) is 24.8. The molecule has 190 valence electrons. The van der Waals surface area contributed by atoms with E-state index in [4.69, 9.17) is 16.3 Å². The van der Waals surface area contributed by atoms with Crippen molar-refractivity contribution in [3.63, 3.8) is 0 Å². The molecule has 2 N–H and O–H groups in total. The van der Waals surface area contributed by atoms with Gasteiger partial charge < -0.3 is 20.3 Å². The van der Waals surface area contributed by atoms with Crippen molar-refractivity contribution in [2.75, 3.05) is 62.8 Å². The lowest BCUT2D eigenvalue weighted by Crippen LogP contribution is -2.50. The van der Waals surface area contributed by atoms with E-state index in [9.17, 15) is 4.79 Å². The third kappa shape index (κ3) is 6.57. The van der Waals surface area contributed by atoms with Gasteiger partial charge in [0, 0.05) is 50.7 Å². The highest BCUT2D eigenvalue weighted by Crippen LogP contribution is 2.31. The normalized spacial score (nSPS) is 21.0. The van der Waals surface area contributed by atoms with Crippen LogP contribution >= 0.6 is 27.5 Å². The van der Waals surface area contributed by atoms with E-state index in [1.54, 1.807) is 20.2 Å². The van der Waals surface area contributed by atoms with Crippen molar-refractivity contribution >= 4 is 50.9 Å². The number of methoxy groups -OCH3 is 1. The van der Waals surface area contributed by atoms with Gasteiger partial charge in [0.15, 0.2) is 0 Å². The highest BCUT2D eigenvalue weighted by atomic mass is 79.9. The van der Waals surface area contributed by atoms with E-state index >= 15 is 0 Å². The molecule has 0 atom stereocenters. The lowest BCUT2D eigenvalue weighted by molar-refractivity contribution is 0.0601. The molecule has 1 saturated heterocycles. The van der Waals surface area contributed by atoms with Gasteiger partial charge in [0.05, 0.1) is 19.0 Å². The van der Waals surface area contributed by atoms with Crippen molar-refractivity contribution in [2.24, 2.45) is 11.8 Å². The Hall–Kier alpha value is -2.10. The molecule has 1 aliphatic heterocycles. The summed E-state index contributed by atoms with van der Waals surface area (Å²) in [4.78, 5) is 26.2. The molecule has 2 heterocycles. The molecule has 8 nitrogen and oxygen atoms in total. The number of aromatic nitrogens is 2. The van der Waals surface area contributed by atoms with Gasteiger partial charge in [-0.15, -0.1) is 0 Å². The van der Waals surface area contributed by atoms with Crippen LogP contribution in [0, 0.1) is 11.8 Å². The highest BCUT2D eigenvalue weighted by molar-refractivity contribution is 9.09. The van der Waals surface area contributed by atoms with Crippen molar-refractivity contribution in [1.29, 1.82) is 0 Å². The van der Waals surface area contributed by atoms with Gasteiger partial charge in [-0.05, 0) is 55.7 Å². The molecular weight excluding hydrogens is 532 g/mol. The molecule has 1 amide bonds. The molecule has 1 aliphatic carbocycles. The molecule has 2 aliphatic rings. The van der Waals surface area contributed by atoms with Crippen LogP contribution in [0.15, 0.2) is 24.4 Å². The molecule has 0 unspecified atom stereocenters. The van der Waals surface area contributed by atoms with Gasteiger partial charge in [0.25, 0.3) is 5.91 Å². The number of piperazine rings is 1. The number of nitrogens with zero attached hydrogens (tertiary/aromatic N) is 4. The van der Waals surface area contributed by atoms with E-state index in [1.807, 2.05) is 17.0 Å². The summed E-state index contributed by atoms with van der Waals surface area (Å²) in [6, 6.07) is 5.41. The van der Waals surface area contributed by atoms with Crippen LogP contribution < -0.4 is 15.4 Å². The molecule has 1 aromatic carbocycles. The standard InChI is InChI=1S/C25H34BrClN6O2/c1-28-23-20(27)15-29-25(31-23)30-21-8-7-19(13-22(21)35-2)24(34)33-11-9-32(10-12-33)16-18-5-3-17(14-26)4-6-18/h7-8,13,15,17-18H,3-6,9-12,14,16H2,1-2H3,(H2,28,29,30,31)/t17-,18+. The molecule has 2 fully saturated rings. The van der Waals surface area contributed by atoms with Crippen molar-refractivity contribution in [3.05, 3.63) is 35.0 Å². The second-order valence-corrected chi connectivity index (χ2v) is 10.4. The Morgan fingerprint density at radius 2 is 1.89 bits per heavy atom. The fourth-order valence-electron chi connectivity index (χ4n) is 4.90. The monoisotopic (exact) mass is 564 g/mol. The van der Waals surface area contributed by atoms with Crippen molar-refractivity contribution in [2.45, 2.75) is 25.7 Å². The lowest BCUT2D eigenvalue weighted by Gasteiger charge is -2.38. The number of nitrogens with one attached hydrogen (secondary N) is 2. The van der Waals surface area contributed by atoms with Gasteiger partial charge in [-0.25, -0.2) is 4.98 Å². The number of halogens is 2. The van der Waals surface area contributed by atoms with Crippen molar-refractivity contribution in [1.82, 2.24) is 19.8 Å². The molecule has 4 rings (SSSR count). The van der Waals surface area contributed by atoms with Gasteiger partial charge in [-0.1, -0.05) is 27.5 Å². The minimum Gasteiger partial charge on any atom is -0.495 e. The van der Waals surface area contributed by atoms with Gasteiger partial charge >= 0.3 is 0 Å². The maximum atomic E-state index is 13.2. The minimum absolute atomic E-state index is 0.0348. The van der Waals surface area contributed by atoms with Crippen LogP contribution in [-0.4, -0.2) is 77.9 Å². The Balaban J connectivity index is 1.33. The van der Waals surface area contributed by atoms with Crippen molar-refractivity contribution in [3.8, 4) is 5.75 Å². The van der Waals surface area contributed by atoms with Crippen LogP contribution in [0.2, 0.25) is 5.02 Å². The quantitative estimate of drug-likeness (QED) is 0.441. The van der Waals surface area contributed by atoms with Crippen LogP contribution in [0.4, 0.5) is 17.5 Å². The molecule has 2 aromatic rings. The zero-order valence-electron chi connectivity index (χ0n) is 20.4. The largest absolute Gasteiger partial charge is 0.495 e. The summed E-state index contributed by atoms with van der Waals surface area (Å²) >= 11 is 9.70. The molecule has 0 radical (unpaired) electrons. The van der Waals surface area contributed by atoms with Gasteiger partial charge in [-0.2, -0.15) is 4.98 Å². The average Bonchev–Trinajstić information content (AvgIpc) is 2.90. The van der Waals surface area contributed by atoms with E-state index in [-0.39, 0.29) is 5.91 Å². The molecule has 10 heteroatoms. The summed E-state index contributed by atoms with van der Waals surface area (Å²) in [5.74, 6) is 3.15. The second-order valence-electron chi connectivity index (χ2n) is 9.31. The third-order valence-electron chi connectivity index (χ3n) is 7.04. The first kappa shape index (κ1) is 26.0. The molecule has 1 saturated carbocycles. The third-order valence-corrected chi connectivity index (χ3v) is 8.23. The number of hydrogen-bond donors (Lipinski definition) is 2. The smallest absolute Gasteiger partial charge is 0.254 e. The Morgan fingerprint density at radius 1 is 1.17 bits per heavy atom. The maximum absolute atomic E-state index is 13.2.